The quantitative estimate of drug-likeness (QED) is 0.429. The Kier molecular flexibility index (Phi) is 7.26. The summed E-state index contributed by atoms with van der Waals surface area (Å²) in [6, 6.07) is 4.56. The van der Waals surface area contributed by atoms with Crippen molar-refractivity contribution in [1.82, 2.24) is 19.6 Å². The molecule has 38 heavy (non-hydrogen) atoms. The predicted molar refractivity (Wildman–Crippen MR) is 139 cm³/mol. The van der Waals surface area contributed by atoms with Gasteiger partial charge in [-0.3, -0.25) is 9.36 Å². The fourth-order valence-electron chi connectivity index (χ4n) is 6.15. The molecule has 10 heteroatoms. The minimum atomic E-state index is -1.29. The van der Waals surface area contributed by atoms with E-state index in [-0.39, 0.29) is 23.2 Å². The molecule has 0 amide bonds. The first-order valence-corrected chi connectivity index (χ1v) is 13.4. The van der Waals surface area contributed by atoms with Gasteiger partial charge in [0, 0.05) is 47.6 Å². The van der Waals surface area contributed by atoms with Crippen LogP contribution < -0.4 is 5.56 Å². The number of benzene rings is 1. The smallest absolute Gasteiger partial charge is 0.450 e. The van der Waals surface area contributed by atoms with E-state index in [1.165, 1.54) is 12.1 Å². The first-order valence-electron chi connectivity index (χ1n) is 13.4. The maximum atomic E-state index is 13.5. The Morgan fingerprint density at radius 2 is 2.00 bits per heavy atom. The van der Waals surface area contributed by atoms with E-state index in [0.29, 0.717) is 25.0 Å². The lowest BCUT2D eigenvalue weighted by Crippen LogP contribution is -2.39. The summed E-state index contributed by atoms with van der Waals surface area (Å²) in [5.74, 6) is 0.651. The van der Waals surface area contributed by atoms with E-state index in [1.807, 2.05) is 6.92 Å². The molecule has 0 spiro atoms. The molecule has 2 aromatic heterocycles. The zero-order valence-corrected chi connectivity index (χ0v) is 22.2. The van der Waals surface area contributed by atoms with Crippen molar-refractivity contribution >= 4 is 17.1 Å². The molecular formula is C28H35FN4O5. The first-order chi connectivity index (χ1) is 18.1. The van der Waals surface area contributed by atoms with Crippen LogP contribution in [-0.2, 0) is 17.7 Å². The second-order valence-electron chi connectivity index (χ2n) is 11.2. The van der Waals surface area contributed by atoms with Crippen LogP contribution in [0.15, 0.2) is 27.5 Å². The molecule has 3 aromatic rings. The number of fused-ring (bicyclic) bond motifs is 2. The first kappa shape index (κ1) is 26.3. The van der Waals surface area contributed by atoms with Gasteiger partial charge in [0.05, 0.1) is 5.69 Å². The van der Waals surface area contributed by atoms with Gasteiger partial charge in [-0.25, -0.2) is 14.2 Å². The van der Waals surface area contributed by atoms with Crippen LogP contribution in [-0.4, -0.2) is 56.1 Å². The third-order valence-electron chi connectivity index (χ3n) is 8.01. The summed E-state index contributed by atoms with van der Waals surface area (Å²) >= 11 is 0. The molecule has 1 fully saturated rings. The van der Waals surface area contributed by atoms with Crippen LogP contribution in [0.3, 0.4) is 0 Å². The number of aryl methyl sites for hydroxylation is 1. The largest absolute Gasteiger partial charge is 0.506 e. The number of halogens is 1. The van der Waals surface area contributed by atoms with E-state index in [1.54, 1.807) is 24.5 Å². The van der Waals surface area contributed by atoms with Gasteiger partial charge in [-0.05, 0) is 84.5 Å². The zero-order valence-electron chi connectivity index (χ0n) is 22.2. The Labute approximate surface area is 220 Å². The van der Waals surface area contributed by atoms with Gasteiger partial charge in [-0.1, -0.05) is 5.16 Å². The van der Waals surface area contributed by atoms with Gasteiger partial charge in [-0.15, -0.1) is 0 Å². The van der Waals surface area contributed by atoms with Gasteiger partial charge >= 0.3 is 6.16 Å². The van der Waals surface area contributed by atoms with Crippen LogP contribution in [0, 0.1) is 12.7 Å². The fourth-order valence-corrected chi connectivity index (χ4v) is 6.15. The van der Waals surface area contributed by atoms with Crippen molar-refractivity contribution in [2.45, 2.75) is 83.3 Å². The second-order valence-corrected chi connectivity index (χ2v) is 11.2. The number of hydrogen-bond donors (Lipinski definition) is 1. The molecular weight excluding hydrogens is 491 g/mol. The van der Waals surface area contributed by atoms with Crippen molar-refractivity contribution in [3.05, 3.63) is 57.1 Å². The average Bonchev–Trinajstić information content (AvgIpc) is 3.27. The number of piperidine rings is 1. The van der Waals surface area contributed by atoms with Gasteiger partial charge < -0.3 is 19.3 Å². The number of hydrogen-bond acceptors (Lipinski definition) is 7. The topological polar surface area (TPSA) is 111 Å². The van der Waals surface area contributed by atoms with Crippen molar-refractivity contribution in [1.29, 1.82) is 0 Å². The zero-order chi connectivity index (χ0) is 27.0. The predicted octanol–water partition coefficient (Wildman–Crippen LogP) is 4.99. The highest BCUT2D eigenvalue weighted by molar-refractivity contribution is 5.79. The summed E-state index contributed by atoms with van der Waals surface area (Å²) in [6.45, 7) is 8.59. The maximum Gasteiger partial charge on any atom is 0.506 e. The molecule has 2 aliphatic heterocycles. The molecule has 0 bridgehead atoms. The molecule has 0 saturated carbocycles. The Bertz CT molecular complexity index is 1390. The van der Waals surface area contributed by atoms with Crippen LogP contribution >= 0.6 is 0 Å². The number of rotatable bonds is 7. The van der Waals surface area contributed by atoms with Crippen molar-refractivity contribution in [2.75, 3.05) is 19.6 Å². The van der Waals surface area contributed by atoms with E-state index in [4.69, 9.17) is 19.4 Å². The molecule has 1 atom stereocenters. The van der Waals surface area contributed by atoms with Gasteiger partial charge in [0.2, 0.25) is 0 Å². The summed E-state index contributed by atoms with van der Waals surface area (Å²) in [6.07, 6.45) is 3.37. The van der Waals surface area contributed by atoms with Gasteiger partial charge in [-0.2, -0.15) is 0 Å². The standard InChI is InChI=1S/C28H35FN4O5/c1-17-21(26(34)33-11-4-5-19(25(33)30-17)16-28(2,3)37-27(35)36)10-14-32-12-8-18(9-13-32)24-22-7-6-20(29)15-23(22)38-31-24/h6-7,15,18-19H,4-5,8-14,16H2,1-3H3,(H,35,36). The normalized spacial score (nSPS) is 19.0. The molecule has 1 unspecified atom stereocenters. The molecule has 1 aromatic carbocycles. The van der Waals surface area contributed by atoms with Gasteiger partial charge in [0.15, 0.2) is 5.58 Å². The molecule has 4 heterocycles. The monoisotopic (exact) mass is 526 g/mol. The van der Waals surface area contributed by atoms with E-state index in [0.717, 1.165) is 73.5 Å². The highest BCUT2D eigenvalue weighted by atomic mass is 19.1. The Morgan fingerprint density at radius 1 is 1.24 bits per heavy atom. The maximum absolute atomic E-state index is 13.5. The van der Waals surface area contributed by atoms with Gasteiger partial charge in [0.1, 0.15) is 17.2 Å². The Morgan fingerprint density at radius 3 is 2.74 bits per heavy atom. The SMILES string of the molecule is Cc1nc2n(c(=O)c1CCN1CCC(c3noc4cc(F)ccc34)CC1)CCCC2CC(C)(C)OC(=O)O. The number of carbonyl (C=O) groups is 1. The summed E-state index contributed by atoms with van der Waals surface area (Å²) in [5, 5.41) is 14.2. The minimum Gasteiger partial charge on any atom is -0.450 e. The summed E-state index contributed by atoms with van der Waals surface area (Å²) in [7, 11) is 0. The van der Waals surface area contributed by atoms with Crippen molar-refractivity contribution < 1.29 is 23.6 Å². The van der Waals surface area contributed by atoms with E-state index < -0.39 is 11.8 Å². The molecule has 5 rings (SSSR count). The fraction of sp³-hybridized carbons (Fsp3) is 0.571. The number of nitrogens with zero attached hydrogens (tertiary/aromatic N) is 4. The number of aromatic nitrogens is 3. The van der Waals surface area contributed by atoms with E-state index in [2.05, 4.69) is 10.1 Å². The second kappa shape index (κ2) is 10.5. The van der Waals surface area contributed by atoms with Gasteiger partial charge in [0.25, 0.3) is 5.56 Å². The molecule has 204 valence electrons. The van der Waals surface area contributed by atoms with Crippen LogP contribution in [0.2, 0.25) is 0 Å². The van der Waals surface area contributed by atoms with Crippen molar-refractivity contribution in [2.24, 2.45) is 0 Å². The molecule has 2 aliphatic rings. The third-order valence-corrected chi connectivity index (χ3v) is 8.01. The third kappa shape index (κ3) is 5.45. The van der Waals surface area contributed by atoms with E-state index in [9.17, 15) is 14.0 Å². The number of ether oxygens (including phenoxy) is 1. The number of likely N-dealkylation sites (tertiary alicyclic amines) is 1. The molecule has 0 radical (unpaired) electrons. The lowest BCUT2D eigenvalue weighted by Gasteiger charge is -2.33. The lowest BCUT2D eigenvalue weighted by molar-refractivity contribution is -0.00684. The van der Waals surface area contributed by atoms with Crippen LogP contribution in [0.5, 0.6) is 0 Å². The van der Waals surface area contributed by atoms with Crippen LogP contribution in [0.25, 0.3) is 11.0 Å². The average molecular weight is 527 g/mol. The van der Waals surface area contributed by atoms with Crippen molar-refractivity contribution in [3.63, 3.8) is 0 Å². The Hall–Kier alpha value is -3.27. The Balaban J connectivity index is 1.23. The molecule has 1 saturated heterocycles. The minimum absolute atomic E-state index is 0.0188. The highest BCUT2D eigenvalue weighted by Gasteiger charge is 2.33. The number of carboxylic acid groups (broad SMARTS) is 1. The summed E-state index contributed by atoms with van der Waals surface area (Å²) in [4.78, 5) is 31.8. The van der Waals surface area contributed by atoms with Crippen LogP contribution in [0.4, 0.5) is 9.18 Å². The summed E-state index contributed by atoms with van der Waals surface area (Å²) in [5.41, 5.74) is 2.05. The highest BCUT2D eigenvalue weighted by Crippen LogP contribution is 2.35. The molecule has 0 aliphatic carbocycles. The van der Waals surface area contributed by atoms with Crippen LogP contribution in [0.1, 0.15) is 80.6 Å². The summed E-state index contributed by atoms with van der Waals surface area (Å²) < 4.78 is 25.7. The molecule has 9 nitrogen and oxygen atoms in total. The lowest BCUT2D eigenvalue weighted by atomic mass is 9.87. The van der Waals surface area contributed by atoms with E-state index >= 15 is 0 Å². The van der Waals surface area contributed by atoms with Crippen molar-refractivity contribution in [3.8, 4) is 0 Å². The molecule has 1 N–H and O–H groups in total.